The molecule has 0 aromatic heterocycles. The Morgan fingerprint density at radius 2 is 1.67 bits per heavy atom. The molecule has 4 heteroatoms. The molecule has 2 aromatic carbocycles. The Morgan fingerprint density at radius 1 is 1.04 bits per heavy atom. The van der Waals surface area contributed by atoms with Crippen LogP contribution >= 0.6 is 0 Å². The number of hydrogen-bond acceptors (Lipinski definition) is 3. The SMILES string of the molecule is O=C(/C=C/COCc1ccccc1)N[C@H](CO)Cc1ccccc1. The van der Waals surface area contributed by atoms with Crippen molar-refractivity contribution in [2.45, 2.75) is 19.1 Å². The van der Waals surface area contributed by atoms with Gasteiger partial charge in [-0.1, -0.05) is 66.7 Å². The molecule has 0 radical (unpaired) electrons. The highest BCUT2D eigenvalue weighted by Crippen LogP contribution is 2.03. The monoisotopic (exact) mass is 325 g/mol. The van der Waals surface area contributed by atoms with E-state index in [1.807, 2.05) is 60.7 Å². The predicted octanol–water partition coefficient (Wildman–Crippen LogP) is 2.48. The minimum absolute atomic E-state index is 0.0982. The first-order valence-electron chi connectivity index (χ1n) is 8.01. The van der Waals surface area contributed by atoms with E-state index in [2.05, 4.69) is 5.32 Å². The summed E-state index contributed by atoms with van der Waals surface area (Å²) < 4.78 is 5.48. The van der Waals surface area contributed by atoms with Crippen LogP contribution in [0.2, 0.25) is 0 Å². The second-order valence-corrected chi connectivity index (χ2v) is 5.48. The summed E-state index contributed by atoms with van der Waals surface area (Å²) in [7, 11) is 0. The molecule has 0 unspecified atom stereocenters. The molecule has 0 heterocycles. The average molecular weight is 325 g/mol. The van der Waals surface area contributed by atoms with Gasteiger partial charge in [-0.25, -0.2) is 0 Å². The highest BCUT2D eigenvalue weighted by atomic mass is 16.5. The van der Waals surface area contributed by atoms with Crippen molar-refractivity contribution in [2.24, 2.45) is 0 Å². The lowest BCUT2D eigenvalue weighted by molar-refractivity contribution is -0.117. The number of nitrogens with one attached hydrogen (secondary N) is 1. The minimum atomic E-state index is -0.296. The van der Waals surface area contributed by atoms with Gasteiger partial charge in [0, 0.05) is 6.08 Å². The van der Waals surface area contributed by atoms with Crippen LogP contribution in [0.15, 0.2) is 72.8 Å². The molecule has 1 atom stereocenters. The minimum Gasteiger partial charge on any atom is -0.394 e. The van der Waals surface area contributed by atoms with E-state index in [1.165, 1.54) is 6.08 Å². The molecule has 0 spiro atoms. The average Bonchev–Trinajstić information content (AvgIpc) is 2.62. The summed E-state index contributed by atoms with van der Waals surface area (Å²) in [6.07, 6.45) is 3.72. The van der Waals surface area contributed by atoms with Crippen LogP contribution in [0.1, 0.15) is 11.1 Å². The quantitative estimate of drug-likeness (QED) is 0.550. The number of aliphatic hydroxyl groups excluding tert-OH is 1. The van der Waals surface area contributed by atoms with Crippen molar-refractivity contribution in [1.82, 2.24) is 5.32 Å². The Labute approximate surface area is 142 Å². The number of aliphatic hydroxyl groups is 1. The molecule has 0 aliphatic rings. The van der Waals surface area contributed by atoms with Crippen LogP contribution in [-0.2, 0) is 22.6 Å². The van der Waals surface area contributed by atoms with Gasteiger partial charge in [-0.2, -0.15) is 0 Å². The van der Waals surface area contributed by atoms with Crippen molar-refractivity contribution in [2.75, 3.05) is 13.2 Å². The molecule has 0 aliphatic carbocycles. The highest BCUT2D eigenvalue weighted by Gasteiger charge is 2.10. The molecule has 0 aliphatic heterocycles. The largest absolute Gasteiger partial charge is 0.394 e. The van der Waals surface area contributed by atoms with Crippen LogP contribution in [0.3, 0.4) is 0 Å². The van der Waals surface area contributed by atoms with Gasteiger partial charge in [0.05, 0.1) is 25.9 Å². The third-order valence-corrected chi connectivity index (χ3v) is 3.49. The summed E-state index contributed by atoms with van der Waals surface area (Å²) in [5.74, 6) is -0.228. The van der Waals surface area contributed by atoms with Crippen molar-refractivity contribution >= 4 is 5.91 Å². The van der Waals surface area contributed by atoms with Crippen LogP contribution in [-0.4, -0.2) is 30.3 Å². The second-order valence-electron chi connectivity index (χ2n) is 5.48. The first-order chi connectivity index (χ1) is 11.8. The zero-order valence-corrected chi connectivity index (χ0v) is 13.6. The van der Waals surface area contributed by atoms with E-state index < -0.39 is 0 Å². The summed E-state index contributed by atoms with van der Waals surface area (Å²) >= 11 is 0. The first kappa shape index (κ1) is 17.9. The third kappa shape index (κ3) is 6.77. The fraction of sp³-hybridized carbons (Fsp3) is 0.250. The molecule has 2 rings (SSSR count). The number of carbonyl (C=O) groups excluding carboxylic acids is 1. The van der Waals surface area contributed by atoms with Gasteiger partial charge in [-0.05, 0) is 17.5 Å². The van der Waals surface area contributed by atoms with Gasteiger partial charge in [-0.3, -0.25) is 4.79 Å². The lowest BCUT2D eigenvalue weighted by Gasteiger charge is -2.15. The van der Waals surface area contributed by atoms with Crippen molar-refractivity contribution in [3.8, 4) is 0 Å². The van der Waals surface area contributed by atoms with Gasteiger partial charge < -0.3 is 15.2 Å². The third-order valence-electron chi connectivity index (χ3n) is 3.49. The molecule has 4 nitrogen and oxygen atoms in total. The second kappa shape index (κ2) is 10.4. The predicted molar refractivity (Wildman–Crippen MR) is 94.4 cm³/mol. The maximum atomic E-state index is 11.9. The highest BCUT2D eigenvalue weighted by molar-refractivity contribution is 5.87. The van der Waals surface area contributed by atoms with Gasteiger partial charge in [0.25, 0.3) is 0 Å². The number of amides is 1. The molecule has 2 aromatic rings. The lowest BCUT2D eigenvalue weighted by atomic mass is 10.1. The summed E-state index contributed by atoms with van der Waals surface area (Å²) in [6, 6.07) is 19.3. The Bertz CT molecular complexity index is 626. The molecule has 2 N–H and O–H groups in total. The maximum Gasteiger partial charge on any atom is 0.244 e. The van der Waals surface area contributed by atoms with Gasteiger partial charge in [0.1, 0.15) is 0 Å². The van der Waals surface area contributed by atoms with Crippen LogP contribution in [0.4, 0.5) is 0 Å². The van der Waals surface area contributed by atoms with Gasteiger partial charge in [0.15, 0.2) is 0 Å². The molecule has 1 amide bonds. The Kier molecular flexibility index (Phi) is 7.74. The number of carbonyl (C=O) groups is 1. The fourth-order valence-corrected chi connectivity index (χ4v) is 2.28. The first-order valence-corrected chi connectivity index (χ1v) is 8.01. The molecule has 0 fully saturated rings. The van der Waals surface area contributed by atoms with Crippen molar-refractivity contribution in [3.63, 3.8) is 0 Å². The molecule has 0 bridgehead atoms. The van der Waals surface area contributed by atoms with Crippen molar-refractivity contribution in [1.29, 1.82) is 0 Å². The van der Waals surface area contributed by atoms with E-state index in [0.29, 0.717) is 19.6 Å². The number of benzene rings is 2. The van der Waals surface area contributed by atoms with Gasteiger partial charge in [0.2, 0.25) is 5.91 Å². The zero-order valence-electron chi connectivity index (χ0n) is 13.6. The Hall–Kier alpha value is -2.43. The van der Waals surface area contributed by atoms with E-state index in [0.717, 1.165) is 11.1 Å². The van der Waals surface area contributed by atoms with E-state index in [-0.39, 0.29) is 18.6 Å². The molecule has 24 heavy (non-hydrogen) atoms. The van der Waals surface area contributed by atoms with Gasteiger partial charge in [-0.15, -0.1) is 0 Å². The van der Waals surface area contributed by atoms with Crippen LogP contribution in [0, 0.1) is 0 Å². The summed E-state index contributed by atoms with van der Waals surface area (Å²) in [5, 5.41) is 12.2. The summed E-state index contributed by atoms with van der Waals surface area (Å²) in [5.41, 5.74) is 2.17. The van der Waals surface area contributed by atoms with Crippen LogP contribution < -0.4 is 5.32 Å². The number of rotatable bonds is 9. The van der Waals surface area contributed by atoms with Gasteiger partial charge >= 0.3 is 0 Å². The smallest absolute Gasteiger partial charge is 0.244 e. The van der Waals surface area contributed by atoms with E-state index >= 15 is 0 Å². The summed E-state index contributed by atoms with van der Waals surface area (Å²) in [6.45, 7) is 0.782. The van der Waals surface area contributed by atoms with E-state index in [9.17, 15) is 9.90 Å². The Balaban J connectivity index is 1.69. The van der Waals surface area contributed by atoms with E-state index in [4.69, 9.17) is 4.74 Å². The normalized spacial score (nSPS) is 12.2. The molecule has 0 saturated heterocycles. The topological polar surface area (TPSA) is 58.6 Å². The Morgan fingerprint density at radius 3 is 2.29 bits per heavy atom. The van der Waals surface area contributed by atoms with Crippen LogP contribution in [0.5, 0.6) is 0 Å². The molecular formula is C20H23NO3. The molecule has 0 saturated carbocycles. The zero-order chi connectivity index (χ0) is 17.0. The molecule has 126 valence electrons. The number of hydrogen-bond donors (Lipinski definition) is 2. The van der Waals surface area contributed by atoms with Crippen molar-refractivity contribution in [3.05, 3.63) is 83.9 Å². The maximum absolute atomic E-state index is 11.9. The van der Waals surface area contributed by atoms with Crippen molar-refractivity contribution < 1.29 is 14.6 Å². The van der Waals surface area contributed by atoms with E-state index in [1.54, 1.807) is 6.08 Å². The van der Waals surface area contributed by atoms with Crippen LogP contribution in [0.25, 0.3) is 0 Å². The fourth-order valence-electron chi connectivity index (χ4n) is 2.28. The number of ether oxygens (including phenoxy) is 1. The lowest BCUT2D eigenvalue weighted by Crippen LogP contribution is -2.38. The standard InChI is InChI=1S/C20H23NO3/c22-15-19(14-17-8-3-1-4-9-17)21-20(23)12-7-13-24-16-18-10-5-2-6-11-18/h1-12,19,22H,13-16H2,(H,21,23)/b12-7+/t19-/m0/s1. The summed E-state index contributed by atoms with van der Waals surface area (Å²) in [4.78, 5) is 11.9. The molecular weight excluding hydrogens is 302 g/mol.